The highest BCUT2D eigenvalue weighted by Gasteiger charge is 2.51. The lowest BCUT2D eigenvalue weighted by Crippen LogP contribution is -2.52. The predicted octanol–water partition coefficient (Wildman–Crippen LogP) is 6.64. The highest BCUT2D eigenvalue weighted by molar-refractivity contribution is 5.53. The summed E-state index contributed by atoms with van der Waals surface area (Å²) in [5.74, 6) is 3.34. The number of aryl methyl sites for hydroxylation is 1. The molecule has 0 spiro atoms. The van der Waals surface area contributed by atoms with E-state index in [9.17, 15) is 0 Å². The molecule has 2 aromatic rings. The minimum atomic E-state index is 0.268. The van der Waals surface area contributed by atoms with Gasteiger partial charge in [0.15, 0.2) is 11.5 Å². The molecule has 2 aliphatic rings. The molecule has 0 aliphatic heterocycles. The Bertz CT molecular complexity index is 991. The van der Waals surface area contributed by atoms with E-state index < -0.39 is 0 Å². The third-order valence-corrected chi connectivity index (χ3v) is 8.75. The monoisotopic (exact) mass is 465 g/mol. The number of hydrogen-bond acceptors (Lipinski definition) is 4. The second-order valence-electron chi connectivity index (χ2n) is 11.2. The lowest BCUT2D eigenvalue weighted by molar-refractivity contribution is 0.0257. The number of benzene rings is 2. The van der Waals surface area contributed by atoms with Crippen LogP contribution in [-0.4, -0.2) is 27.9 Å². The van der Waals surface area contributed by atoms with Crippen LogP contribution in [0.1, 0.15) is 81.5 Å². The SMILES string of the molecule is COc1cc(CNC[C@]2(C)CCC[C@@]3(C)c4ccc(C(C)C)cc4CC[C@H]23)cc(OC)c1OC. The van der Waals surface area contributed by atoms with Gasteiger partial charge in [0.2, 0.25) is 5.75 Å². The molecule has 4 nitrogen and oxygen atoms in total. The number of rotatable bonds is 8. The van der Waals surface area contributed by atoms with Crippen LogP contribution < -0.4 is 19.5 Å². The maximum atomic E-state index is 5.54. The molecule has 34 heavy (non-hydrogen) atoms. The summed E-state index contributed by atoms with van der Waals surface area (Å²) in [6.45, 7) is 11.5. The van der Waals surface area contributed by atoms with E-state index in [1.807, 2.05) is 12.1 Å². The van der Waals surface area contributed by atoms with Crippen molar-refractivity contribution >= 4 is 0 Å². The first kappa shape index (κ1) is 24.9. The molecule has 4 heteroatoms. The molecule has 0 amide bonds. The Morgan fingerprint density at radius 2 is 1.68 bits per heavy atom. The molecule has 1 fully saturated rings. The molecular weight excluding hydrogens is 422 g/mol. The van der Waals surface area contributed by atoms with E-state index in [-0.39, 0.29) is 10.8 Å². The van der Waals surface area contributed by atoms with Crippen LogP contribution in [0.25, 0.3) is 0 Å². The predicted molar refractivity (Wildman–Crippen MR) is 139 cm³/mol. The van der Waals surface area contributed by atoms with Crippen LogP contribution in [0.15, 0.2) is 30.3 Å². The van der Waals surface area contributed by atoms with Gasteiger partial charge < -0.3 is 19.5 Å². The van der Waals surface area contributed by atoms with Crippen molar-refractivity contribution in [3.8, 4) is 17.2 Å². The summed E-state index contributed by atoms with van der Waals surface area (Å²) >= 11 is 0. The van der Waals surface area contributed by atoms with Gasteiger partial charge in [-0.3, -0.25) is 0 Å². The fourth-order valence-corrected chi connectivity index (χ4v) is 6.94. The summed E-state index contributed by atoms with van der Waals surface area (Å²) in [4.78, 5) is 0. The van der Waals surface area contributed by atoms with Gasteiger partial charge in [-0.05, 0) is 82.7 Å². The van der Waals surface area contributed by atoms with Crippen molar-refractivity contribution in [3.63, 3.8) is 0 Å². The number of ether oxygens (including phenoxy) is 3. The van der Waals surface area contributed by atoms with Crippen LogP contribution in [0.3, 0.4) is 0 Å². The molecule has 0 radical (unpaired) electrons. The largest absolute Gasteiger partial charge is 0.493 e. The molecule has 0 saturated heterocycles. The Balaban J connectivity index is 1.51. The Labute approximate surface area is 206 Å². The molecule has 0 aromatic heterocycles. The van der Waals surface area contributed by atoms with Crippen LogP contribution in [-0.2, 0) is 18.4 Å². The van der Waals surface area contributed by atoms with Crippen molar-refractivity contribution in [2.75, 3.05) is 27.9 Å². The van der Waals surface area contributed by atoms with Gasteiger partial charge in [-0.15, -0.1) is 0 Å². The molecular formula is C30H43NO3. The Kier molecular flexibility index (Phi) is 7.19. The van der Waals surface area contributed by atoms with Crippen LogP contribution in [0.2, 0.25) is 0 Å². The molecule has 186 valence electrons. The van der Waals surface area contributed by atoms with Crippen molar-refractivity contribution in [2.45, 2.75) is 77.7 Å². The first-order valence-corrected chi connectivity index (χ1v) is 12.9. The zero-order valence-electron chi connectivity index (χ0n) is 22.2. The zero-order chi connectivity index (χ0) is 24.5. The van der Waals surface area contributed by atoms with Gasteiger partial charge in [-0.2, -0.15) is 0 Å². The van der Waals surface area contributed by atoms with E-state index in [1.54, 1.807) is 32.5 Å². The van der Waals surface area contributed by atoms with Gasteiger partial charge >= 0.3 is 0 Å². The highest BCUT2D eigenvalue weighted by Crippen LogP contribution is 2.57. The second kappa shape index (κ2) is 9.81. The summed E-state index contributed by atoms with van der Waals surface area (Å²) in [6.07, 6.45) is 6.37. The average Bonchev–Trinajstić information content (AvgIpc) is 2.82. The van der Waals surface area contributed by atoms with Crippen LogP contribution in [0.4, 0.5) is 0 Å². The average molecular weight is 466 g/mol. The van der Waals surface area contributed by atoms with Crippen LogP contribution in [0, 0.1) is 11.3 Å². The van der Waals surface area contributed by atoms with E-state index in [4.69, 9.17) is 14.2 Å². The topological polar surface area (TPSA) is 39.7 Å². The van der Waals surface area contributed by atoms with Crippen molar-refractivity contribution in [2.24, 2.45) is 11.3 Å². The van der Waals surface area contributed by atoms with E-state index >= 15 is 0 Å². The molecule has 0 heterocycles. The summed E-state index contributed by atoms with van der Waals surface area (Å²) in [5, 5.41) is 3.80. The van der Waals surface area contributed by atoms with E-state index in [0.29, 0.717) is 29.1 Å². The van der Waals surface area contributed by atoms with Gasteiger partial charge in [-0.1, -0.05) is 52.3 Å². The molecule has 0 bridgehead atoms. The van der Waals surface area contributed by atoms with Gasteiger partial charge in [-0.25, -0.2) is 0 Å². The number of fused-ring (bicyclic) bond motifs is 3. The minimum Gasteiger partial charge on any atom is -0.493 e. The highest BCUT2D eigenvalue weighted by atomic mass is 16.5. The summed E-state index contributed by atoms with van der Waals surface area (Å²) < 4.78 is 16.6. The lowest BCUT2D eigenvalue weighted by atomic mass is 9.49. The summed E-state index contributed by atoms with van der Waals surface area (Å²) in [6, 6.07) is 11.4. The van der Waals surface area contributed by atoms with Crippen molar-refractivity contribution in [1.82, 2.24) is 5.32 Å². The first-order chi connectivity index (χ1) is 16.3. The molecule has 2 aliphatic carbocycles. The van der Waals surface area contributed by atoms with Crippen LogP contribution in [0.5, 0.6) is 17.2 Å². The zero-order valence-corrected chi connectivity index (χ0v) is 22.2. The number of hydrogen-bond donors (Lipinski definition) is 1. The molecule has 2 aromatic carbocycles. The third kappa shape index (κ3) is 4.42. The second-order valence-corrected chi connectivity index (χ2v) is 11.2. The lowest BCUT2D eigenvalue weighted by Gasteiger charge is -2.55. The molecule has 1 saturated carbocycles. The Morgan fingerprint density at radius 1 is 0.971 bits per heavy atom. The van der Waals surface area contributed by atoms with Gasteiger partial charge in [0, 0.05) is 13.1 Å². The Hall–Kier alpha value is -2.20. The Morgan fingerprint density at radius 3 is 2.29 bits per heavy atom. The van der Waals surface area contributed by atoms with Crippen molar-refractivity contribution in [3.05, 3.63) is 52.6 Å². The quantitative estimate of drug-likeness (QED) is 0.475. The van der Waals surface area contributed by atoms with E-state index in [2.05, 4.69) is 51.2 Å². The smallest absolute Gasteiger partial charge is 0.203 e. The van der Waals surface area contributed by atoms with E-state index in [1.165, 1.54) is 37.7 Å². The fourth-order valence-electron chi connectivity index (χ4n) is 6.94. The normalized spacial score (nSPS) is 26.1. The van der Waals surface area contributed by atoms with E-state index in [0.717, 1.165) is 18.7 Å². The molecule has 1 N–H and O–H groups in total. The van der Waals surface area contributed by atoms with Gasteiger partial charge in [0.25, 0.3) is 0 Å². The van der Waals surface area contributed by atoms with Crippen molar-refractivity contribution in [1.29, 1.82) is 0 Å². The van der Waals surface area contributed by atoms with Gasteiger partial charge in [0.05, 0.1) is 21.3 Å². The minimum absolute atomic E-state index is 0.268. The van der Waals surface area contributed by atoms with Crippen molar-refractivity contribution < 1.29 is 14.2 Å². The molecule has 4 rings (SSSR count). The standard InChI is InChI=1S/C30H43NO3/c1-20(2)22-9-11-24-23(17-22)10-12-27-29(3,13-8-14-30(24,27)4)19-31-18-21-15-25(32-5)28(34-7)26(16-21)33-6/h9,11,15-17,20,27,31H,8,10,12-14,18-19H2,1-7H3/t27-,29+,30+/m1/s1. The van der Waals surface area contributed by atoms with Gasteiger partial charge in [0.1, 0.15) is 0 Å². The fraction of sp³-hybridized carbons (Fsp3) is 0.600. The number of methoxy groups -OCH3 is 3. The number of nitrogens with one attached hydrogen (secondary N) is 1. The summed E-state index contributed by atoms with van der Waals surface area (Å²) in [7, 11) is 4.98. The first-order valence-electron chi connectivity index (χ1n) is 12.9. The van der Waals surface area contributed by atoms with Crippen LogP contribution >= 0.6 is 0 Å². The maximum absolute atomic E-state index is 5.54. The molecule has 3 atom stereocenters. The summed E-state index contributed by atoms with van der Waals surface area (Å²) in [5.41, 5.74) is 6.38. The third-order valence-electron chi connectivity index (χ3n) is 8.75. The maximum Gasteiger partial charge on any atom is 0.203 e. The molecule has 0 unspecified atom stereocenters.